The molecule has 0 saturated heterocycles. The van der Waals surface area contributed by atoms with E-state index in [9.17, 15) is 0 Å². The minimum Gasteiger partial charge on any atom is -0.458 e. The van der Waals surface area contributed by atoms with Crippen LogP contribution >= 0.6 is 0 Å². The molecule has 3 aromatic heterocycles. The lowest BCUT2D eigenvalue weighted by Gasteiger charge is -2.32. The first-order chi connectivity index (χ1) is 16.3. The average Bonchev–Trinajstić information content (AvgIpc) is 2.89. The van der Waals surface area contributed by atoms with Gasteiger partial charge < -0.3 is 9.47 Å². The van der Waals surface area contributed by atoms with Crippen molar-refractivity contribution < 1.29 is 9.47 Å². The maximum Gasteiger partial charge on any atom is 0.262 e. The number of ether oxygens (including phenoxy) is 2. The molecule has 5 nitrogen and oxygen atoms in total. The van der Waals surface area contributed by atoms with Crippen LogP contribution in [-0.2, 0) is 0 Å². The predicted molar refractivity (Wildman–Crippen MR) is 128 cm³/mol. The lowest BCUT2D eigenvalue weighted by Crippen LogP contribution is -2.57. The van der Waals surface area contributed by atoms with Gasteiger partial charge in [0.15, 0.2) is 0 Å². The van der Waals surface area contributed by atoms with Crippen LogP contribution in [-0.4, -0.2) is 21.7 Å². The number of rotatable bonds is 2. The maximum absolute atomic E-state index is 6.29. The van der Waals surface area contributed by atoms with Gasteiger partial charge in [-0.25, -0.2) is 4.98 Å². The van der Waals surface area contributed by atoms with Gasteiger partial charge in [-0.3, -0.25) is 9.97 Å². The van der Waals surface area contributed by atoms with Crippen molar-refractivity contribution in [2.24, 2.45) is 0 Å². The Labute approximate surface area is 190 Å². The number of pyridine rings is 3. The zero-order chi connectivity index (χ0) is 21.8. The molecule has 7 rings (SSSR count). The van der Waals surface area contributed by atoms with Crippen LogP contribution in [0.25, 0.3) is 22.5 Å². The molecule has 0 spiro atoms. The second-order valence-corrected chi connectivity index (χ2v) is 8.10. The summed E-state index contributed by atoms with van der Waals surface area (Å²) in [5.74, 6) is 3.00. The first kappa shape index (κ1) is 18.2. The summed E-state index contributed by atoms with van der Waals surface area (Å²) in [7, 11) is 0. The molecule has 0 bridgehead atoms. The summed E-state index contributed by atoms with van der Waals surface area (Å²) < 4.78 is 12.5. The molecule has 6 heteroatoms. The molecule has 0 N–H and O–H groups in total. The molecule has 0 saturated carbocycles. The van der Waals surface area contributed by atoms with Gasteiger partial charge in [0.2, 0.25) is 5.88 Å². The van der Waals surface area contributed by atoms with Crippen molar-refractivity contribution in [2.45, 2.75) is 0 Å². The molecular weight excluding hydrogens is 409 g/mol. The third kappa shape index (κ3) is 2.84. The van der Waals surface area contributed by atoms with Gasteiger partial charge in [0.1, 0.15) is 17.2 Å². The molecule has 0 atom stereocenters. The molecule has 0 radical (unpaired) electrons. The highest BCUT2D eigenvalue weighted by molar-refractivity contribution is 6.98. The molecule has 33 heavy (non-hydrogen) atoms. The summed E-state index contributed by atoms with van der Waals surface area (Å²) in [6.07, 6.45) is 5.35. The van der Waals surface area contributed by atoms with E-state index in [1.165, 1.54) is 0 Å². The first-order valence-electron chi connectivity index (χ1n) is 10.8. The van der Waals surface area contributed by atoms with Gasteiger partial charge in [0, 0.05) is 24.1 Å². The molecule has 5 heterocycles. The van der Waals surface area contributed by atoms with E-state index >= 15 is 0 Å². The Morgan fingerprint density at radius 3 is 1.79 bits per heavy atom. The van der Waals surface area contributed by atoms with Crippen LogP contribution in [0.3, 0.4) is 0 Å². The second kappa shape index (κ2) is 7.03. The Morgan fingerprint density at radius 2 is 1.18 bits per heavy atom. The molecule has 2 aliphatic heterocycles. The Morgan fingerprint density at radius 1 is 0.545 bits per heavy atom. The average molecular weight is 425 g/mol. The molecule has 2 aromatic carbocycles. The predicted octanol–water partition coefficient (Wildman–Crippen LogP) is 3.93. The van der Waals surface area contributed by atoms with Crippen LogP contribution in [0.4, 0.5) is 0 Å². The van der Waals surface area contributed by atoms with E-state index in [1.54, 1.807) is 6.20 Å². The molecular formula is C27H16BN3O2. The second-order valence-electron chi connectivity index (χ2n) is 8.10. The van der Waals surface area contributed by atoms with Gasteiger partial charge in [0.25, 0.3) is 6.71 Å². The highest BCUT2D eigenvalue weighted by Crippen LogP contribution is 2.34. The zero-order valence-corrected chi connectivity index (χ0v) is 17.5. The Bertz CT molecular complexity index is 1410. The van der Waals surface area contributed by atoms with E-state index in [4.69, 9.17) is 9.47 Å². The fourth-order valence-electron chi connectivity index (χ4n) is 4.69. The molecule has 2 aliphatic rings. The summed E-state index contributed by atoms with van der Waals surface area (Å²) in [6, 6.07) is 26.3. The summed E-state index contributed by atoms with van der Waals surface area (Å²) in [4.78, 5) is 13.6. The molecule has 154 valence electrons. The van der Waals surface area contributed by atoms with Crippen molar-refractivity contribution in [3.05, 3.63) is 97.5 Å². The topological polar surface area (TPSA) is 57.1 Å². The molecule has 0 unspecified atom stereocenters. The van der Waals surface area contributed by atoms with Gasteiger partial charge in [-0.15, -0.1) is 0 Å². The molecule has 0 fully saturated rings. The summed E-state index contributed by atoms with van der Waals surface area (Å²) in [5.41, 5.74) is 7.03. The Hall–Kier alpha value is -4.45. The Balaban J connectivity index is 1.46. The van der Waals surface area contributed by atoms with E-state index < -0.39 is 0 Å². The number of hydrogen-bond acceptors (Lipinski definition) is 5. The SMILES string of the molecule is c1ccc(-c2ccc3c(c2)B2c4cc(-c5ccccn5)ccc4Oc4nccc(c42)O3)nc1. The van der Waals surface area contributed by atoms with E-state index in [0.717, 1.165) is 56.2 Å². The number of hydrogen-bond donors (Lipinski definition) is 0. The van der Waals surface area contributed by atoms with Gasteiger partial charge in [-0.1, -0.05) is 24.3 Å². The van der Waals surface area contributed by atoms with Gasteiger partial charge >= 0.3 is 0 Å². The van der Waals surface area contributed by atoms with Crippen LogP contribution in [0, 0.1) is 0 Å². The summed E-state index contributed by atoms with van der Waals surface area (Å²) in [6.45, 7) is -0.0662. The van der Waals surface area contributed by atoms with Gasteiger partial charge in [-0.2, -0.15) is 0 Å². The maximum atomic E-state index is 6.29. The number of aromatic nitrogens is 3. The van der Waals surface area contributed by atoms with E-state index in [2.05, 4.69) is 33.2 Å². The third-order valence-corrected chi connectivity index (χ3v) is 6.19. The lowest BCUT2D eigenvalue weighted by atomic mass is 9.35. The quantitative estimate of drug-likeness (QED) is 0.393. The smallest absolute Gasteiger partial charge is 0.262 e. The Kier molecular flexibility index (Phi) is 3.87. The first-order valence-corrected chi connectivity index (χ1v) is 10.8. The molecule has 5 aromatic rings. The van der Waals surface area contributed by atoms with Gasteiger partial charge in [-0.05, 0) is 76.6 Å². The fraction of sp³-hybridized carbons (Fsp3) is 0. The van der Waals surface area contributed by atoms with Crippen LogP contribution < -0.4 is 25.9 Å². The van der Waals surface area contributed by atoms with Gasteiger partial charge in [0.05, 0.1) is 11.4 Å². The summed E-state index contributed by atoms with van der Waals surface area (Å²) in [5, 5.41) is 0. The lowest BCUT2D eigenvalue weighted by molar-refractivity contribution is 0.450. The monoisotopic (exact) mass is 425 g/mol. The van der Waals surface area contributed by atoms with Crippen molar-refractivity contribution in [3.8, 4) is 45.6 Å². The number of nitrogens with zero attached hydrogens (tertiary/aromatic N) is 3. The van der Waals surface area contributed by atoms with Crippen LogP contribution in [0.1, 0.15) is 0 Å². The van der Waals surface area contributed by atoms with Crippen molar-refractivity contribution >= 4 is 23.1 Å². The zero-order valence-electron chi connectivity index (χ0n) is 17.5. The highest BCUT2D eigenvalue weighted by atomic mass is 16.5. The largest absolute Gasteiger partial charge is 0.458 e. The van der Waals surface area contributed by atoms with E-state index in [0.29, 0.717) is 5.88 Å². The molecule has 0 amide bonds. The van der Waals surface area contributed by atoms with Crippen molar-refractivity contribution in [2.75, 3.05) is 0 Å². The van der Waals surface area contributed by atoms with E-state index in [-0.39, 0.29) is 6.71 Å². The minimum absolute atomic E-state index is 0.0662. The van der Waals surface area contributed by atoms with Crippen LogP contribution in [0.2, 0.25) is 0 Å². The standard InChI is InChI=1S/C27H16BN3O2/c1-3-12-29-21(5-1)17-7-9-23-19(15-17)28-20-16-18(22-6-2-4-13-30-22)8-10-24(20)33-27-26(28)25(32-23)11-14-31-27/h1-16H. The highest BCUT2D eigenvalue weighted by Gasteiger charge is 2.41. The van der Waals surface area contributed by atoms with Crippen molar-refractivity contribution in [1.82, 2.24) is 15.0 Å². The normalized spacial score (nSPS) is 12.7. The van der Waals surface area contributed by atoms with E-state index in [1.807, 2.05) is 73.1 Å². The number of benzene rings is 2. The van der Waals surface area contributed by atoms with Crippen molar-refractivity contribution in [1.29, 1.82) is 0 Å². The fourth-order valence-corrected chi connectivity index (χ4v) is 4.69. The molecule has 0 aliphatic carbocycles. The number of fused-ring (bicyclic) bond motifs is 4. The third-order valence-electron chi connectivity index (χ3n) is 6.19. The van der Waals surface area contributed by atoms with Crippen LogP contribution in [0.15, 0.2) is 97.5 Å². The summed E-state index contributed by atoms with van der Waals surface area (Å²) >= 11 is 0. The van der Waals surface area contributed by atoms with Crippen LogP contribution in [0.5, 0.6) is 23.1 Å². The minimum atomic E-state index is -0.0662. The van der Waals surface area contributed by atoms with Crippen molar-refractivity contribution in [3.63, 3.8) is 0 Å².